The van der Waals surface area contributed by atoms with Crippen molar-refractivity contribution in [2.45, 2.75) is 4.90 Å². The minimum Gasteiger partial charge on any atom is -0.486 e. The first-order chi connectivity index (χ1) is 8.40. The number of rotatable bonds is 6. The predicted molar refractivity (Wildman–Crippen MR) is 68.0 cm³/mol. The molecule has 0 aromatic heterocycles. The van der Waals surface area contributed by atoms with Crippen LogP contribution in [0.2, 0.25) is 0 Å². The molecule has 94 valence electrons. The quantitative estimate of drug-likeness (QED) is 0.617. The third-order valence-electron chi connectivity index (χ3n) is 2.27. The molecule has 0 saturated carbocycles. The summed E-state index contributed by atoms with van der Waals surface area (Å²) >= 11 is 1.74. The fraction of sp³-hybridized carbons (Fsp3) is 0.500. The van der Waals surface area contributed by atoms with Crippen LogP contribution in [0.5, 0.6) is 11.5 Å². The van der Waals surface area contributed by atoms with Crippen molar-refractivity contribution in [1.29, 1.82) is 0 Å². The molecule has 2 rings (SSSR count). The third-order valence-corrected chi connectivity index (χ3v) is 3.23. The van der Waals surface area contributed by atoms with Gasteiger partial charge in [0.15, 0.2) is 11.5 Å². The van der Waals surface area contributed by atoms with E-state index in [1.165, 1.54) is 4.90 Å². The van der Waals surface area contributed by atoms with Gasteiger partial charge in [-0.05, 0) is 18.2 Å². The van der Waals surface area contributed by atoms with E-state index in [0.29, 0.717) is 26.4 Å². The molecule has 0 unspecified atom stereocenters. The van der Waals surface area contributed by atoms with Crippen LogP contribution >= 0.6 is 11.8 Å². The smallest absolute Gasteiger partial charge is 0.162 e. The van der Waals surface area contributed by atoms with E-state index in [9.17, 15) is 0 Å². The summed E-state index contributed by atoms with van der Waals surface area (Å²) < 4.78 is 16.3. The van der Waals surface area contributed by atoms with Gasteiger partial charge in [-0.3, -0.25) is 0 Å². The normalized spacial score (nSPS) is 13.7. The summed E-state index contributed by atoms with van der Waals surface area (Å²) in [6.45, 7) is 3.18. The van der Waals surface area contributed by atoms with Crippen LogP contribution in [0, 0.1) is 0 Å². The molecule has 0 radical (unpaired) electrons. The van der Waals surface area contributed by atoms with Gasteiger partial charge in [0.2, 0.25) is 0 Å². The highest BCUT2D eigenvalue weighted by molar-refractivity contribution is 7.99. The molecule has 0 amide bonds. The third kappa shape index (κ3) is 3.80. The molecular formula is C12H17NO3S. The molecule has 0 fully saturated rings. The van der Waals surface area contributed by atoms with E-state index in [1.807, 2.05) is 18.2 Å². The summed E-state index contributed by atoms with van der Waals surface area (Å²) in [5, 5.41) is 0. The number of ether oxygens (including phenoxy) is 3. The fourth-order valence-electron chi connectivity index (χ4n) is 1.52. The van der Waals surface area contributed by atoms with E-state index in [1.54, 1.807) is 11.8 Å². The van der Waals surface area contributed by atoms with Crippen molar-refractivity contribution in [3.63, 3.8) is 0 Å². The molecule has 2 N–H and O–H groups in total. The van der Waals surface area contributed by atoms with Crippen molar-refractivity contribution in [3.8, 4) is 11.5 Å². The molecule has 4 nitrogen and oxygen atoms in total. The highest BCUT2D eigenvalue weighted by Gasteiger charge is 2.11. The Morgan fingerprint density at radius 1 is 1.18 bits per heavy atom. The Morgan fingerprint density at radius 2 is 2.00 bits per heavy atom. The zero-order chi connectivity index (χ0) is 11.9. The van der Waals surface area contributed by atoms with Crippen LogP contribution in [0.4, 0.5) is 0 Å². The van der Waals surface area contributed by atoms with Gasteiger partial charge in [-0.25, -0.2) is 0 Å². The topological polar surface area (TPSA) is 53.7 Å². The Morgan fingerprint density at radius 3 is 2.82 bits per heavy atom. The maximum Gasteiger partial charge on any atom is 0.162 e. The summed E-state index contributed by atoms with van der Waals surface area (Å²) in [6.07, 6.45) is 0. The molecule has 1 heterocycles. The lowest BCUT2D eigenvalue weighted by molar-refractivity contribution is 0.158. The van der Waals surface area contributed by atoms with Gasteiger partial charge in [0, 0.05) is 17.2 Å². The monoisotopic (exact) mass is 255 g/mol. The lowest BCUT2D eigenvalue weighted by Crippen LogP contribution is -2.15. The first kappa shape index (κ1) is 12.5. The van der Waals surface area contributed by atoms with Crippen molar-refractivity contribution in [2.24, 2.45) is 5.73 Å². The molecular weight excluding hydrogens is 238 g/mol. The Labute approximate surface area is 105 Å². The second-order valence-electron chi connectivity index (χ2n) is 3.55. The largest absolute Gasteiger partial charge is 0.486 e. The lowest BCUT2D eigenvalue weighted by atomic mass is 10.3. The minimum absolute atomic E-state index is 0.578. The number of hydrogen-bond acceptors (Lipinski definition) is 5. The van der Waals surface area contributed by atoms with Crippen LogP contribution in [0.15, 0.2) is 23.1 Å². The number of thioether (sulfide) groups is 1. The zero-order valence-corrected chi connectivity index (χ0v) is 10.5. The van der Waals surface area contributed by atoms with Crippen LogP contribution in [0.1, 0.15) is 0 Å². The van der Waals surface area contributed by atoms with Gasteiger partial charge in [-0.15, -0.1) is 11.8 Å². The molecule has 5 heteroatoms. The zero-order valence-electron chi connectivity index (χ0n) is 9.69. The van der Waals surface area contributed by atoms with Gasteiger partial charge >= 0.3 is 0 Å². The van der Waals surface area contributed by atoms with Crippen LogP contribution in [0.25, 0.3) is 0 Å². The van der Waals surface area contributed by atoms with Crippen molar-refractivity contribution < 1.29 is 14.2 Å². The van der Waals surface area contributed by atoms with Gasteiger partial charge in [0.25, 0.3) is 0 Å². The summed E-state index contributed by atoms with van der Waals surface area (Å²) in [6, 6.07) is 6.01. The molecule has 1 aliphatic heterocycles. The maximum atomic E-state index is 5.52. The van der Waals surface area contributed by atoms with Crippen molar-refractivity contribution in [3.05, 3.63) is 18.2 Å². The van der Waals surface area contributed by atoms with E-state index in [4.69, 9.17) is 19.9 Å². The lowest BCUT2D eigenvalue weighted by Gasteiger charge is -2.18. The van der Waals surface area contributed by atoms with Crippen molar-refractivity contribution in [1.82, 2.24) is 0 Å². The van der Waals surface area contributed by atoms with E-state index in [0.717, 1.165) is 23.9 Å². The molecule has 17 heavy (non-hydrogen) atoms. The molecule has 0 saturated heterocycles. The van der Waals surface area contributed by atoms with Crippen LogP contribution in [-0.4, -0.2) is 38.7 Å². The van der Waals surface area contributed by atoms with Gasteiger partial charge in [0.05, 0.1) is 13.2 Å². The Kier molecular flexibility index (Phi) is 4.97. The van der Waals surface area contributed by atoms with Crippen LogP contribution < -0.4 is 15.2 Å². The molecule has 0 atom stereocenters. The van der Waals surface area contributed by atoms with E-state index >= 15 is 0 Å². The van der Waals surface area contributed by atoms with Crippen LogP contribution in [0.3, 0.4) is 0 Å². The summed E-state index contributed by atoms with van der Waals surface area (Å²) in [5.41, 5.74) is 5.34. The van der Waals surface area contributed by atoms with Gasteiger partial charge < -0.3 is 19.9 Å². The SMILES string of the molecule is NCCOCCSc1ccc2c(c1)OCCO2. The second-order valence-corrected chi connectivity index (χ2v) is 4.72. The number of benzene rings is 1. The molecule has 1 aromatic carbocycles. The molecule has 0 spiro atoms. The van der Waals surface area contributed by atoms with E-state index in [2.05, 4.69) is 0 Å². The van der Waals surface area contributed by atoms with Gasteiger partial charge in [0.1, 0.15) is 13.2 Å². The molecule has 0 aliphatic carbocycles. The maximum absolute atomic E-state index is 5.52. The highest BCUT2D eigenvalue weighted by Crippen LogP contribution is 2.33. The summed E-state index contributed by atoms with van der Waals surface area (Å²) in [5.74, 6) is 2.59. The first-order valence-electron chi connectivity index (χ1n) is 5.70. The molecule has 1 aliphatic rings. The average Bonchev–Trinajstić information content (AvgIpc) is 2.38. The average molecular weight is 255 g/mol. The Bertz CT molecular complexity index is 360. The van der Waals surface area contributed by atoms with E-state index in [-0.39, 0.29) is 0 Å². The van der Waals surface area contributed by atoms with Gasteiger partial charge in [-0.2, -0.15) is 0 Å². The fourth-order valence-corrected chi connectivity index (χ4v) is 2.31. The first-order valence-corrected chi connectivity index (χ1v) is 6.69. The summed E-state index contributed by atoms with van der Waals surface area (Å²) in [4.78, 5) is 1.17. The minimum atomic E-state index is 0.578. The molecule has 0 bridgehead atoms. The summed E-state index contributed by atoms with van der Waals surface area (Å²) in [7, 11) is 0. The Balaban J connectivity index is 1.81. The van der Waals surface area contributed by atoms with Gasteiger partial charge in [-0.1, -0.05) is 0 Å². The number of hydrogen-bond donors (Lipinski definition) is 1. The standard InChI is InChI=1S/C12H17NO3S/c13-3-4-14-7-8-17-10-1-2-11-12(9-10)16-6-5-15-11/h1-2,9H,3-8,13H2. The second kappa shape index (κ2) is 6.74. The van der Waals surface area contributed by atoms with Crippen molar-refractivity contribution >= 4 is 11.8 Å². The number of nitrogens with two attached hydrogens (primary N) is 1. The molecule has 1 aromatic rings. The Hall–Kier alpha value is -0.910. The van der Waals surface area contributed by atoms with E-state index < -0.39 is 0 Å². The van der Waals surface area contributed by atoms with Crippen LogP contribution in [-0.2, 0) is 4.74 Å². The van der Waals surface area contributed by atoms with Crippen molar-refractivity contribution in [2.75, 3.05) is 38.7 Å². The number of fused-ring (bicyclic) bond motifs is 1. The predicted octanol–water partition coefficient (Wildman–Crippen LogP) is 1.53. The highest BCUT2D eigenvalue weighted by atomic mass is 32.2.